The molecular formula is C43H51IrN2O2S-. The third kappa shape index (κ3) is 8.08. The number of rotatable bonds is 9. The van der Waals surface area contributed by atoms with Crippen molar-refractivity contribution in [3.8, 4) is 21.7 Å². The molecule has 261 valence electrons. The summed E-state index contributed by atoms with van der Waals surface area (Å²) in [6, 6.07) is 23.3. The maximum absolute atomic E-state index is 11.7. The molecule has 0 fully saturated rings. The monoisotopic (exact) mass is 852 g/mol. The van der Waals surface area contributed by atoms with Gasteiger partial charge in [0.2, 0.25) is 0 Å². The van der Waals surface area contributed by atoms with Crippen molar-refractivity contribution in [2.75, 3.05) is 0 Å². The second kappa shape index (κ2) is 15.8. The zero-order valence-electron chi connectivity index (χ0n) is 30.5. The summed E-state index contributed by atoms with van der Waals surface area (Å²) in [7, 11) is 0. The van der Waals surface area contributed by atoms with E-state index in [2.05, 4.69) is 95.3 Å². The van der Waals surface area contributed by atoms with Crippen LogP contribution in [0.3, 0.4) is 0 Å². The maximum Gasteiger partial charge on any atom is 0.162 e. The number of aliphatic hydroxyl groups is 1. The van der Waals surface area contributed by atoms with Crippen LogP contribution in [0.2, 0.25) is 0 Å². The molecule has 3 aromatic carbocycles. The van der Waals surface area contributed by atoms with E-state index in [0.29, 0.717) is 0 Å². The Bertz CT molecular complexity index is 1960. The molecule has 0 spiro atoms. The van der Waals surface area contributed by atoms with Crippen molar-refractivity contribution < 1.29 is 30.0 Å². The first-order valence-electron chi connectivity index (χ1n) is 17.6. The Balaban J connectivity index is 0.000000290. The maximum atomic E-state index is 11.7. The van der Waals surface area contributed by atoms with E-state index in [9.17, 15) is 9.90 Å². The summed E-state index contributed by atoms with van der Waals surface area (Å²) in [6.07, 6.45) is 7.69. The molecule has 0 bridgehead atoms. The zero-order valence-corrected chi connectivity index (χ0v) is 33.7. The van der Waals surface area contributed by atoms with Crippen LogP contribution in [0.4, 0.5) is 0 Å². The van der Waals surface area contributed by atoms with Crippen LogP contribution in [-0.2, 0) is 36.7 Å². The molecule has 0 saturated heterocycles. The summed E-state index contributed by atoms with van der Waals surface area (Å²) in [5.74, 6) is 0.547. The van der Waals surface area contributed by atoms with Gasteiger partial charge in [-0.15, -0.1) is 41.0 Å². The Hall–Kier alpha value is -3.18. The summed E-state index contributed by atoms with van der Waals surface area (Å²) in [5, 5.41) is 12.1. The van der Waals surface area contributed by atoms with Crippen LogP contribution in [0.15, 0.2) is 72.8 Å². The number of carbonyl (C=O) groups is 1. The molecule has 2 aromatic heterocycles. The molecule has 0 saturated carbocycles. The van der Waals surface area contributed by atoms with Crippen LogP contribution < -0.4 is 0 Å². The summed E-state index contributed by atoms with van der Waals surface area (Å²) >= 11 is 1.84. The minimum absolute atomic E-state index is 0. The zero-order chi connectivity index (χ0) is 34.8. The number of ketones is 1. The Morgan fingerprint density at radius 2 is 1.61 bits per heavy atom. The third-order valence-corrected chi connectivity index (χ3v) is 11.0. The average molecular weight is 852 g/mol. The van der Waals surface area contributed by atoms with E-state index < -0.39 is 0 Å². The van der Waals surface area contributed by atoms with Gasteiger partial charge in [-0.3, -0.25) is 9.78 Å². The molecule has 6 heteroatoms. The van der Waals surface area contributed by atoms with Gasteiger partial charge in [0.05, 0.1) is 11.3 Å². The molecule has 4 nitrogen and oxygen atoms in total. The van der Waals surface area contributed by atoms with E-state index in [1.54, 1.807) is 6.33 Å². The largest absolute Gasteiger partial charge is 0.512 e. The van der Waals surface area contributed by atoms with Crippen molar-refractivity contribution in [1.29, 1.82) is 0 Å². The predicted molar refractivity (Wildman–Crippen MR) is 204 cm³/mol. The molecule has 0 unspecified atom stereocenters. The number of allylic oxidation sites excluding steroid dienone is 2. The molecule has 1 radical (unpaired) electrons. The molecule has 1 aliphatic rings. The fourth-order valence-corrected chi connectivity index (χ4v) is 8.53. The number of fused-ring (bicyclic) bond motifs is 6. The van der Waals surface area contributed by atoms with Crippen LogP contribution in [0.25, 0.3) is 42.7 Å². The Kier molecular flexibility index (Phi) is 12.4. The Morgan fingerprint density at radius 3 is 2.27 bits per heavy atom. The second-order valence-electron chi connectivity index (χ2n) is 14.9. The number of thiophene rings is 1. The van der Waals surface area contributed by atoms with Gasteiger partial charge in [0.1, 0.15) is 6.33 Å². The SMILES string of the molecule is CC(C)(C)Cc1ccc2c(c1)-c1sc3c(-c4[c-]c5ccccc5cc4)ncnc3c1C2(C)C.CCC(CC)C(=O)/C=C(\O)C(CC)CC.[Ir]. The van der Waals surface area contributed by atoms with Crippen LogP contribution in [0.1, 0.15) is 105 Å². The Morgan fingerprint density at radius 1 is 0.939 bits per heavy atom. The number of carbonyl (C=O) groups excluding carboxylic acids is 1. The van der Waals surface area contributed by atoms with Gasteiger partial charge in [-0.25, -0.2) is 4.98 Å². The van der Waals surface area contributed by atoms with Crippen molar-refractivity contribution in [3.05, 3.63) is 95.5 Å². The first-order chi connectivity index (χ1) is 22.8. The first-order valence-corrected chi connectivity index (χ1v) is 18.4. The summed E-state index contributed by atoms with van der Waals surface area (Å²) in [5.41, 5.74) is 8.78. The van der Waals surface area contributed by atoms with Crippen molar-refractivity contribution >= 4 is 38.1 Å². The minimum atomic E-state index is -0.0814. The van der Waals surface area contributed by atoms with E-state index in [1.165, 1.54) is 38.6 Å². The predicted octanol–water partition coefficient (Wildman–Crippen LogP) is 12.1. The standard InChI is InChI=1S/C30H27N2S.C13H24O2.Ir/c1-29(2,3)16-18-10-13-23-22(14-18)27-24(30(23,4)5)26-28(33-27)25(31-17-32-26)21-12-11-19-8-6-7-9-20(19)15-21;1-5-10(6-2)12(14)9-13(15)11(7-3)8-4;/h6-14,17H,16H2,1-5H3;9-11,14H,5-8H2,1-4H3;/q-1;;/b;12-9-;. The van der Waals surface area contributed by atoms with Crippen LogP contribution >= 0.6 is 11.3 Å². The second-order valence-corrected chi connectivity index (χ2v) is 15.9. The average Bonchev–Trinajstić information content (AvgIpc) is 3.55. The molecule has 0 atom stereocenters. The molecule has 5 aromatic rings. The molecule has 2 heterocycles. The summed E-state index contributed by atoms with van der Waals surface area (Å²) in [4.78, 5) is 22.6. The topological polar surface area (TPSA) is 63.1 Å². The van der Waals surface area contributed by atoms with Gasteiger partial charge in [0.15, 0.2) is 5.78 Å². The van der Waals surface area contributed by atoms with Gasteiger partial charge in [-0.05, 0) is 54.2 Å². The number of benzene rings is 3. The number of hydrogen-bond donors (Lipinski definition) is 1. The summed E-state index contributed by atoms with van der Waals surface area (Å²) in [6.45, 7) is 19.6. The third-order valence-electron chi connectivity index (χ3n) is 9.83. The van der Waals surface area contributed by atoms with Gasteiger partial charge in [0, 0.05) is 64.3 Å². The first kappa shape index (κ1) is 38.6. The van der Waals surface area contributed by atoms with Crippen LogP contribution in [0.5, 0.6) is 0 Å². The fraction of sp³-hybridized carbons (Fsp3) is 0.419. The molecular weight excluding hydrogens is 801 g/mol. The van der Waals surface area contributed by atoms with Crippen molar-refractivity contribution in [2.45, 2.75) is 99.8 Å². The molecule has 1 aliphatic carbocycles. The van der Waals surface area contributed by atoms with Gasteiger partial charge < -0.3 is 5.11 Å². The normalized spacial score (nSPS) is 13.7. The minimum Gasteiger partial charge on any atom is -0.512 e. The molecule has 0 amide bonds. The van der Waals surface area contributed by atoms with E-state index >= 15 is 0 Å². The van der Waals surface area contributed by atoms with Gasteiger partial charge >= 0.3 is 0 Å². The van der Waals surface area contributed by atoms with Gasteiger partial charge in [0.25, 0.3) is 0 Å². The van der Waals surface area contributed by atoms with E-state index in [1.807, 2.05) is 39.0 Å². The molecule has 1 N–H and O–H groups in total. The number of aliphatic hydroxyl groups excluding tert-OH is 1. The van der Waals surface area contributed by atoms with Crippen molar-refractivity contribution in [3.63, 3.8) is 0 Å². The molecule has 6 rings (SSSR count). The number of hydrogen-bond acceptors (Lipinski definition) is 5. The number of nitrogens with zero attached hydrogens (tertiary/aromatic N) is 2. The van der Waals surface area contributed by atoms with E-state index in [0.717, 1.165) is 59.0 Å². The van der Waals surface area contributed by atoms with Gasteiger partial charge in [-0.2, -0.15) is 0 Å². The van der Waals surface area contributed by atoms with Crippen LogP contribution in [-0.4, -0.2) is 20.9 Å². The van der Waals surface area contributed by atoms with Crippen molar-refractivity contribution in [1.82, 2.24) is 9.97 Å². The van der Waals surface area contributed by atoms with E-state index in [4.69, 9.17) is 9.97 Å². The van der Waals surface area contributed by atoms with Crippen LogP contribution in [0, 0.1) is 23.3 Å². The molecule has 49 heavy (non-hydrogen) atoms. The van der Waals surface area contributed by atoms with E-state index in [-0.39, 0.29) is 54.3 Å². The van der Waals surface area contributed by atoms with Crippen molar-refractivity contribution in [2.24, 2.45) is 17.3 Å². The summed E-state index contributed by atoms with van der Waals surface area (Å²) < 4.78 is 1.16. The number of aromatic nitrogens is 2. The van der Waals surface area contributed by atoms with Gasteiger partial charge in [-0.1, -0.05) is 110 Å². The Labute approximate surface area is 310 Å². The quantitative estimate of drug-likeness (QED) is 0.0911. The smallest absolute Gasteiger partial charge is 0.162 e. The fourth-order valence-electron chi connectivity index (χ4n) is 7.09. The molecule has 0 aliphatic heterocycles.